The highest BCUT2D eigenvalue weighted by molar-refractivity contribution is 5.77. The van der Waals surface area contributed by atoms with Gasteiger partial charge in [0.15, 0.2) is 0 Å². The SMILES string of the molecule is CCCCCCCCC/C=C/C=C/CCCC(CC(=O)NC(CO)C(O)CCCCCCCCCCCCCCCCCCC)OC(=O)CCCCCCCCCCCCCCCCCC. The Kier molecular flexibility index (Phi) is 52.9. The lowest BCUT2D eigenvalue weighted by atomic mass is 10.0. The molecule has 0 saturated carbocycles. The Labute approximate surface area is 411 Å². The fourth-order valence-electron chi connectivity index (χ4n) is 9.31. The molecule has 0 aliphatic rings. The van der Waals surface area contributed by atoms with E-state index < -0.39 is 18.2 Å². The summed E-state index contributed by atoms with van der Waals surface area (Å²) in [6, 6.07) is -0.712. The molecule has 3 unspecified atom stereocenters. The number of hydrogen-bond donors (Lipinski definition) is 3. The molecule has 0 heterocycles. The number of amides is 1. The van der Waals surface area contributed by atoms with E-state index in [9.17, 15) is 19.8 Å². The van der Waals surface area contributed by atoms with Gasteiger partial charge in [-0.25, -0.2) is 0 Å². The number of nitrogens with one attached hydrogen (secondary N) is 1. The van der Waals surface area contributed by atoms with E-state index in [2.05, 4.69) is 50.4 Å². The molecular weight excluding hydrogens is 815 g/mol. The molecule has 6 heteroatoms. The van der Waals surface area contributed by atoms with Gasteiger partial charge in [-0.3, -0.25) is 9.59 Å². The van der Waals surface area contributed by atoms with Gasteiger partial charge >= 0.3 is 5.97 Å². The number of hydrogen-bond acceptors (Lipinski definition) is 5. The Morgan fingerprint density at radius 1 is 0.439 bits per heavy atom. The molecule has 0 spiro atoms. The van der Waals surface area contributed by atoms with E-state index in [-0.39, 0.29) is 24.9 Å². The molecule has 0 aromatic carbocycles. The van der Waals surface area contributed by atoms with E-state index in [1.165, 1.54) is 218 Å². The zero-order valence-electron chi connectivity index (χ0n) is 44.6. The fraction of sp³-hybridized carbons (Fsp3) is 0.900. The topological polar surface area (TPSA) is 95.9 Å². The second-order valence-electron chi connectivity index (χ2n) is 20.4. The summed E-state index contributed by atoms with van der Waals surface area (Å²) in [7, 11) is 0. The molecule has 3 N–H and O–H groups in total. The average molecular weight is 931 g/mol. The molecule has 390 valence electrons. The maximum Gasteiger partial charge on any atom is 0.306 e. The number of carbonyl (C=O) groups excluding carboxylic acids is 2. The number of ether oxygens (including phenoxy) is 1. The van der Waals surface area contributed by atoms with Crippen molar-refractivity contribution in [3.05, 3.63) is 24.3 Å². The van der Waals surface area contributed by atoms with Crippen LogP contribution in [-0.4, -0.2) is 46.9 Å². The largest absolute Gasteiger partial charge is 0.462 e. The number of rotatable bonds is 54. The van der Waals surface area contributed by atoms with Crippen molar-refractivity contribution in [3.8, 4) is 0 Å². The average Bonchev–Trinajstić information content (AvgIpc) is 3.31. The van der Waals surface area contributed by atoms with Crippen LogP contribution in [0.1, 0.15) is 323 Å². The monoisotopic (exact) mass is 930 g/mol. The van der Waals surface area contributed by atoms with Gasteiger partial charge in [0.1, 0.15) is 6.10 Å². The Bertz CT molecular complexity index is 1040. The van der Waals surface area contributed by atoms with E-state index in [1.807, 2.05) is 0 Å². The minimum atomic E-state index is -0.796. The first-order valence-electron chi connectivity index (χ1n) is 29.6. The van der Waals surface area contributed by atoms with Gasteiger partial charge in [-0.1, -0.05) is 289 Å². The van der Waals surface area contributed by atoms with Gasteiger partial charge in [0.05, 0.1) is 25.2 Å². The van der Waals surface area contributed by atoms with Crippen LogP contribution in [0.3, 0.4) is 0 Å². The van der Waals surface area contributed by atoms with Crippen LogP contribution in [0.5, 0.6) is 0 Å². The highest BCUT2D eigenvalue weighted by Crippen LogP contribution is 2.18. The highest BCUT2D eigenvalue weighted by atomic mass is 16.5. The maximum atomic E-state index is 13.3. The van der Waals surface area contributed by atoms with Crippen molar-refractivity contribution in [2.45, 2.75) is 341 Å². The third-order valence-electron chi connectivity index (χ3n) is 13.8. The summed E-state index contributed by atoms with van der Waals surface area (Å²) in [6.45, 7) is 6.51. The lowest BCUT2D eigenvalue weighted by Gasteiger charge is -2.24. The van der Waals surface area contributed by atoms with Crippen LogP contribution >= 0.6 is 0 Å². The summed E-state index contributed by atoms with van der Waals surface area (Å²) < 4.78 is 5.94. The van der Waals surface area contributed by atoms with E-state index in [1.54, 1.807) is 0 Å². The first kappa shape index (κ1) is 64.3. The third-order valence-corrected chi connectivity index (χ3v) is 13.8. The molecule has 66 heavy (non-hydrogen) atoms. The van der Waals surface area contributed by atoms with Crippen molar-refractivity contribution in [3.63, 3.8) is 0 Å². The lowest BCUT2D eigenvalue weighted by Crippen LogP contribution is -2.46. The number of carbonyl (C=O) groups is 2. The van der Waals surface area contributed by atoms with Gasteiger partial charge in [-0.05, 0) is 44.9 Å². The summed E-state index contributed by atoms with van der Waals surface area (Å²) >= 11 is 0. The zero-order chi connectivity index (χ0) is 48.1. The van der Waals surface area contributed by atoms with Crippen LogP contribution < -0.4 is 5.32 Å². The van der Waals surface area contributed by atoms with Gasteiger partial charge < -0.3 is 20.3 Å². The summed E-state index contributed by atoms with van der Waals surface area (Å²) in [5.41, 5.74) is 0. The highest BCUT2D eigenvalue weighted by Gasteiger charge is 2.24. The summed E-state index contributed by atoms with van der Waals surface area (Å²) in [5, 5.41) is 23.9. The van der Waals surface area contributed by atoms with Crippen LogP contribution in [0.4, 0.5) is 0 Å². The van der Waals surface area contributed by atoms with E-state index in [0.717, 1.165) is 57.8 Å². The molecule has 0 bridgehead atoms. The van der Waals surface area contributed by atoms with Crippen LogP contribution in [0, 0.1) is 0 Å². The van der Waals surface area contributed by atoms with Crippen LogP contribution in [-0.2, 0) is 14.3 Å². The standard InChI is InChI=1S/C60H115NO5/c1-4-7-10-13-16-19-22-25-28-30-31-34-37-40-43-46-49-52-58(63)57(55-62)61-59(64)54-56(51-48-45-42-39-36-33-27-24-21-18-15-12-9-6-3)66-60(65)53-50-47-44-41-38-35-32-29-26-23-20-17-14-11-8-5-2/h33,36,39,42,56-58,62-63H,4-32,34-35,37-38,40-41,43-55H2,1-3H3,(H,61,64)/b36-33+,42-39+. The summed E-state index contributed by atoms with van der Waals surface area (Å²) in [4.78, 5) is 26.3. The Morgan fingerprint density at radius 2 is 0.773 bits per heavy atom. The van der Waals surface area contributed by atoms with Gasteiger partial charge in [-0.2, -0.15) is 0 Å². The van der Waals surface area contributed by atoms with Crippen molar-refractivity contribution >= 4 is 11.9 Å². The minimum absolute atomic E-state index is 0.0507. The minimum Gasteiger partial charge on any atom is -0.462 e. The smallest absolute Gasteiger partial charge is 0.306 e. The van der Waals surface area contributed by atoms with Gasteiger partial charge in [0.25, 0.3) is 0 Å². The molecule has 6 nitrogen and oxygen atoms in total. The van der Waals surface area contributed by atoms with Crippen molar-refractivity contribution in [2.75, 3.05) is 6.61 Å². The summed E-state index contributed by atoms with van der Waals surface area (Å²) in [6.07, 6.45) is 64.0. The molecule has 3 atom stereocenters. The van der Waals surface area contributed by atoms with Gasteiger partial charge in [-0.15, -0.1) is 0 Å². The van der Waals surface area contributed by atoms with Crippen LogP contribution in [0.25, 0.3) is 0 Å². The molecule has 0 aromatic heterocycles. The number of esters is 1. The first-order chi connectivity index (χ1) is 32.5. The van der Waals surface area contributed by atoms with E-state index in [4.69, 9.17) is 4.74 Å². The molecule has 0 saturated heterocycles. The quantitative estimate of drug-likeness (QED) is 0.0321. The molecule has 1 amide bonds. The molecule has 0 radical (unpaired) electrons. The maximum absolute atomic E-state index is 13.3. The van der Waals surface area contributed by atoms with Gasteiger partial charge in [0, 0.05) is 6.42 Å². The van der Waals surface area contributed by atoms with Crippen molar-refractivity contribution in [2.24, 2.45) is 0 Å². The number of aliphatic hydroxyl groups excluding tert-OH is 2. The number of unbranched alkanes of at least 4 members (excludes halogenated alkanes) is 39. The Morgan fingerprint density at radius 3 is 1.15 bits per heavy atom. The summed E-state index contributed by atoms with van der Waals surface area (Å²) in [5.74, 6) is -0.501. The molecule has 0 aromatic rings. The van der Waals surface area contributed by atoms with Gasteiger partial charge in [0.2, 0.25) is 5.91 Å². The van der Waals surface area contributed by atoms with Crippen LogP contribution in [0.15, 0.2) is 24.3 Å². The third kappa shape index (κ3) is 48.8. The Balaban J connectivity index is 4.53. The van der Waals surface area contributed by atoms with Crippen LogP contribution in [0.2, 0.25) is 0 Å². The number of aliphatic hydroxyl groups is 2. The van der Waals surface area contributed by atoms with Crippen molar-refractivity contribution < 1.29 is 24.5 Å². The second kappa shape index (κ2) is 54.3. The first-order valence-corrected chi connectivity index (χ1v) is 29.6. The molecule has 0 rings (SSSR count). The van der Waals surface area contributed by atoms with Crippen molar-refractivity contribution in [1.29, 1.82) is 0 Å². The van der Waals surface area contributed by atoms with E-state index >= 15 is 0 Å². The normalized spacial score (nSPS) is 13.2. The van der Waals surface area contributed by atoms with E-state index in [0.29, 0.717) is 19.3 Å². The molecular formula is C60H115NO5. The van der Waals surface area contributed by atoms with Crippen molar-refractivity contribution in [1.82, 2.24) is 5.32 Å². The molecule has 0 aliphatic carbocycles. The predicted octanol–water partition coefficient (Wildman–Crippen LogP) is 18.2. The fourth-order valence-corrected chi connectivity index (χ4v) is 9.31. The number of allylic oxidation sites excluding steroid dienone is 4. The second-order valence-corrected chi connectivity index (χ2v) is 20.4. The zero-order valence-corrected chi connectivity index (χ0v) is 44.6. The Hall–Kier alpha value is -1.66. The molecule has 0 aliphatic heterocycles. The lowest BCUT2D eigenvalue weighted by molar-refractivity contribution is -0.151. The predicted molar refractivity (Wildman–Crippen MR) is 287 cm³/mol. The molecule has 0 fully saturated rings.